The third kappa shape index (κ3) is 4.22. The number of para-hydroxylation sites is 1. The highest BCUT2D eigenvalue weighted by atomic mass is 16.5. The van der Waals surface area contributed by atoms with Crippen molar-refractivity contribution in [1.82, 2.24) is 4.98 Å². The minimum Gasteiger partial charge on any atom is -0.462 e. The van der Waals surface area contributed by atoms with Crippen LogP contribution in [0.4, 0.5) is 0 Å². The highest BCUT2D eigenvalue weighted by Gasteiger charge is 2.07. The molecule has 4 heteroatoms. The van der Waals surface area contributed by atoms with Gasteiger partial charge < -0.3 is 14.8 Å². The molecule has 0 spiro atoms. The van der Waals surface area contributed by atoms with Crippen LogP contribution in [0, 0.1) is 0 Å². The largest absolute Gasteiger partial charge is 0.462 e. The van der Waals surface area contributed by atoms with Crippen LogP contribution in [0.2, 0.25) is 0 Å². The second-order valence-electron chi connectivity index (χ2n) is 4.84. The van der Waals surface area contributed by atoms with Gasteiger partial charge in [0.2, 0.25) is 0 Å². The second-order valence-corrected chi connectivity index (χ2v) is 4.84. The normalized spacial score (nSPS) is 10.7. The van der Waals surface area contributed by atoms with Gasteiger partial charge in [-0.2, -0.15) is 0 Å². The first-order valence-electron chi connectivity index (χ1n) is 5.75. The fourth-order valence-corrected chi connectivity index (χ4v) is 1.41. The summed E-state index contributed by atoms with van der Waals surface area (Å²) in [5, 5.41) is 10.0. The maximum atomic E-state index is 9.60. The van der Waals surface area contributed by atoms with E-state index >= 15 is 0 Å². The molecular formula is C14H19NO3. The van der Waals surface area contributed by atoms with Crippen molar-refractivity contribution in [2.24, 2.45) is 0 Å². The zero-order chi connectivity index (χ0) is 13.6. The number of hydrogen-bond acceptors (Lipinski definition) is 3. The number of aromatic amines is 1. The molecule has 2 aromatic rings. The summed E-state index contributed by atoms with van der Waals surface area (Å²) in [6.07, 6.45) is 1.84. The summed E-state index contributed by atoms with van der Waals surface area (Å²) in [5.74, 6) is 0. The standard InChI is InChI=1S/C9H9NO.C5H10O2/c11-6-7-5-10-9-4-2-1-3-8(7)9;1-5(2,3)7-4-6/h1-5,10-11H,6H2;4H,1-3H3. The molecule has 0 saturated carbocycles. The number of carbonyl (C=O) groups is 1. The zero-order valence-electron chi connectivity index (χ0n) is 10.9. The van der Waals surface area contributed by atoms with Crippen molar-refractivity contribution in [2.45, 2.75) is 33.0 Å². The lowest BCUT2D eigenvalue weighted by Gasteiger charge is -2.14. The molecule has 0 amide bonds. The Morgan fingerprint density at radius 1 is 1.33 bits per heavy atom. The number of benzene rings is 1. The number of hydrogen-bond donors (Lipinski definition) is 2. The van der Waals surface area contributed by atoms with Crippen molar-refractivity contribution >= 4 is 17.4 Å². The molecule has 0 saturated heterocycles. The SMILES string of the molecule is CC(C)(C)OC=O.OCc1c[nH]c2ccccc12. The quantitative estimate of drug-likeness (QED) is 0.804. The van der Waals surface area contributed by atoms with Gasteiger partial charge >= 0.3 is 0 Å². The van der Waals surface area contributed by atoms with E-state index in [4.69, 9.17) is 5.11 Å². The lowest BCUT2D eigenvalue weighted by molar-refractivity contribution is -0.138. The molecule has 1 aromatic carbocycles. The minimum atomic E-state index is -0.318. The molecule has 1 aromatic heterocycles. The Labute approximate surface area is 107 Å². The average Bonchev–Trinajstić information content (AvgIpc) is 2.71. The van der Waals surface area contributed by atoms with Crippen LogP contribution in [-0.4, -0.2) is 22.2 Å². The Kier molecular flexibility index (Phi) is 4.92. The third-order valence-electron chi connectivity index (χ3n) is 2.25. The van der Waals surface area contributed by atoms with Crippen LogP contribution in [0.5, 0.6) is 0 Å². The summed E-state index contributed by atoms with van der Waals surface area (Å²) >= 11 is 0. The van der Waals surface area contributed by atoms with Crippen LogP contribution in [0.15, 0.2) is 30.5 Å². The average molecular weight is 249 g/mol. The summed E-state index contributed by atoms with van der Waals surface area (Å²) in [6.45, 7) is 6.02. The number of aliphatic hydroxyl groups excluding tert-OH is 1. The van der Waals surface area contributed by atoms with Crippen LogP contribution in [-0.2, 0) is 16.1 Å². The molecule has 1 heterocycles. The molecule has 0 atom stereocenters. The highest BCUT2D eigenvalue weighted by Crippen LogP contribution is 2.16. The van der Waals surface area contributed by atoms with Crippen LogP contribution in [0.1, 0.15) is 26.3 Å². The molecule has 0 bridgehead atoms. The van der Waals surface area contributed by atoms with Gasteiger partial charge in [0.1, 0.15) is 5.60 Å². The number of rotatable bonds is 2. The van der Waals surface area contributed by atoms with Gasteiger partial charge in [-0.25, -0.2) is 0 Å². The molecule has 2 rings (SSSR count). The molecule has 4 nitrogen and oxygen atoms in total. The fourth-order valence-electron chi connectivity index (χ4n) is 1.41. The van der Waals surface area contributed by atoms with Crippen molar-refractivity contribution < 1.29 is 14.6 Å². The second kappa shape index (κ2) is 6.21. The van der Waals surface area contributed by atoms with Crippen molar-refractivity contribution in [1.29, 1.82) is 0 Å². The van der Waals surface area contributed by atoms with Crippen LogP contribution in [0.25, 0.3) is 10.9 Å². The van der Waals surface area contributed by atoms with Crippen LogP contribution < -0.4 is 0 Å². The Morgan fingerprint density at radius 2 is 2.00 bits per heavy atom. The summed E-state index contributed by atoms with van der Waals surface area (Å²) in [4.78, 5) is 12.7. The topological polar surface area (TPSA) is 62.3 Å². The first-order valence-corrected chi connectivity index (χ1v) is 5.75. The van der Waals surface area contributed by atoms with Crippen molar-refractivity contribution in [3.63, 3.8) is 0 Å². The van der Waals surface area contributed by atoms with Gasteiger partial charge in [0.05, 0.1) is 6.61 Å². The van der Waals surface area contributed by atoms with Gasteiger partial charge in [-0.3, -0.25) is 4.79 Å². The number of H-pyrrole nitrogens is 1. The number of aromatic nitrogens is 1. The monoisotopic (exact) mass is 249 g/mol. The lowest BCUT2D eigenvalue weighted by Crippen LogP contribution is -2.17. The van der Waals surface area contributed by atoms with Crippen molar-refractivity contribution in [3.05, 3.63) is 36.0 Å². The maximum Gasteiger partial charge on any atom is 0.293 e. The zero-order valence-corrected chi connectivity index (χ0v) is 10.9. The van der Waals surface area contributed by atoms with Gasteiger partial charge in [0, 0.05) is 22.7 Å². The predicted molar refractivity (Wildman–Crippen MR) is 71.1 cm³/mol. The van der Waals surface area contributed by atoms with Gasteiger partial charge in [-0.05, 0) is 26.8 Å². The van der Waals surface area contributed by atoms with E-state index in [1.807, 2.05) is 51.2 Å². The highest BCUT2D eigenvalue weighted by molar-refractivity contribution is 5.82. The molecule has 0 aliphatic rings. The van der Waals surface area contributed by atoms with Crippen LogP contribution >= 0.6 is 0 Å². The van der Waals surface area contributed by atoms with E-state index in [2.05, 4.69) is 9.72 Å². The minimum absolute atomic E-state index is 0.101. The summed E-state index contributed by atoms with van der Waals surface area (Å²) in [6, 6.07) is 7.93. The van der Waals surface area contributed by atoms with Gasteiger partial charge in [0.25, 0.3) is 6.47 Å². The van der Waals surface area contributed by atoms with E-state index in [0.29, 0.717) is 6.47 Å². The maximum absolute atomic E-state index is 9.60. The smallest absolute Gasteiger partial charge is 0.293 e. The van der Waals surface area contributed by atoms with E-state index in [9.17, 15) is 4.79 Å². The molecule has 0 radical (unpaired) electrons. The predicted octanol–water partition coefficient (Wildman–Crippen LogP) is 2.62. The van der Waals surface area contributed by atoms with Crippen LogP contribution in [0.3, 0.4) is 0 Å². The Bertz CT molecular complexity index is 497. The molecule has 2 N–H and O–H groups in total. The Hall–Kier alpha value is -1.81. The van der Waals surface area contributed by atoms with Gasteiger partial charge in [-0.15, -0.1) is 0 Å². The lowest BCUT2D eigenvalue weighted by atomic mass is 10.2. The van der Waals surface area contributed by atoms with E-state index in [1.54, 1.807) is 0 Å². The summed E-state index contributed by atoms with van der Waals surface area (Å²) in [7, 11) is 0. The summed E-state index contributed by atoms with van der Waals surface area (Å²) < 4.78 is 4.55. The molecular weight excluding hydrogens is 230 g/mol. The third-order valence-corrected chi connectivity index (χ3v) is 2.25. The van der Waals surface area contributed by atoms with Gasteiger partial charge in [-0.1, -0.05) is 18.2 Å². The number of carbonyl (C=O) groups excluding carboxylic acids is 1. The number of nitrogens with one attached hydrogen (secondary N) is 1. The Morgan fingerprint density at radius 3 is 2.50 bits per heavy atom. The molecule has 0 unspecified atom stereocenters. The van der Waals surface area contributed by atoms with E-state index in [-0.39, 0.29) is 12.2 Å². The summed E-state index contributed by atoms with van der Waals surface area (Å²) in [5.41, 5.74) is 1.72. The molecule has 0 fully saturated rings. The number of fused-ring (bicyclic) bond motifs is 1. The molecule has 18 heavy (non-hydrogen) atoms. The first kappa shape index (κ1) is 14.3. The fraction of sp³-hybridized carbons (Fsp3) is 0.357. The molecule has 98 valence electrons. The van der Waals surface area contributed by atoms with E-state index in [1.165, 1.54) is 0 Å². The Balaban J connectivity index is 0.000000203. The number of ether oxygens (including phenoxy) is 1. The van der Waals surface area contributed by atoms with Crippen molar-refractivity contribution in [3.8, 4) is 0 Å². The van der Waals surface area contributed by atoms with E-state index in [0.717, 1.165) is 16.5 Å². The number of aliphatic hydroxyl groups is 1. The first-order chi connectivity index (χ1) is 8.48. The van der Waals surface area contributed by atoms with Gasteiger partial charge in [0.15, 0.2) is 0 Å². The molecule has 0 aliphatic heterocycles. The van der Waals surface area contributed by atoms with E-state index < -0.39 is 0 Å². The van der Waals surface area contributed by atoms with Crippen molar-refractivity contribution in [2.75, 3.05) is 0 Å². The molecule has 0 aliphatic carbocycles.